The van der Waals surface area contributed by atoms with E-state index in [1.807, 2.05) is 26.0 Å². The Balaban J connectivity index is 2.37. The molecule has 0 aliphatic heterocycles. The third-order valence-electron chi connectivity index (χ3n) is 3.38. The highest BCUT2D eigenvalue weighted by Crippen LogP contribution is 2.28. The molecule has 0 aromatic heterocycles. The lowest BCUT2D eigenvalue weighted by Gasteiger charge is -2.15. The van der Waals surface area contributed by atoms with E-state index < -0.39 is 17.9 Å². The molecule has 2 aromatic carbocycles. The van der Waals surface area contributed by atoms with E-state index in [2.05, 4.69) is 0 Å². The molecule has 0 bridgehead atoms. The number of rotatable bonds is 5. The van der Waals surface area contributed by atoms with Crippen LogP contribution in [0.2, 0.25) is 0 Å². The van der Waals surface area contributed by atoms with Crippen LogP contribution in [-0.4, -0.2) is 17.9 Å². The van der Waals surface area contributed by atoms with Gasteiger partial charge in [0.1, 0.15) is 11.8 Å². The summed E-state index contributed by atoms with van der Waals surface area (Å²) in [6, 6.07) is 9.90. The molecule has 5 nitrogen and oxygen atoms in total. The number of esters is 1. The Morgan fingerprint density at radius 3 is 2.45 bits per heavy atom. The van der Waals surface area contributed by atoms with Gasteiger partial charge in [-0.3, -0.25) is 4.79 Å². The highest BCUT2D eigenvalue weighted by Gasteiger charge is 2.21. The number of nitrogens with two attached hydrogens (primary N) is 2. The number of hydrogen-bond acceptors (Lipinski definition) is 4. The van der Waals surface area contributed by atoms with E-state index in [1.165, 1.54) is 0 Å². The summed E-state index contributed by atoms with van der Waals surface area (Å²) in [6.45, 7) is 3.94. The van der Waals surface area contributed by atoms with Crippen molar-refractivity contribution in [3.8, 4) is 5.75 Å². The van der Waals surface area contributed by atoms with Crippen LogP contribution in [0, 0.1) is 5.92 Å². The number of benzene rings is 2. The zero-order valence-electron chi connectivity index (χ0n) is 12.7. The number of carbonyl (C=O) groups is 2. The standard InChI is InChI=1S/C17H20N2O3/c1-10(2)9-13(18)17(21)22-14-8-7-11-5-3-4-6-12(11)15(14)16(19)20/h3-8,10,13H,9,18H2,1-2H3,(H2,19,20). The topological polar surface area (TPSA) is 95.4 Å². The van der Waals surface area contributed by atoms with Gasteiger partial charge in [0.25, 0.3) is 5.91 Å². The molecule has 2 rings (SSSR count). The van der Waals surface area contributed by atoms with Crippen molar-refractivity contribution in [3.63, 3.8) is 0 Å². The molecule has 1 unspecified atom stereocenters. The summed E-state index contributed by atoms with van der Waals surface area (Å²) in [5, 5.41) is 1.50. The first-order valence-electron chi connectivity index (χ1n) is 7.19. The monoisotopic (exact) mass is 300 g/mol. The Kier molecular flexibility index (Phi) is 4.78. The number of ether oxygens (including phenoxy) is 1. The Bertz CT molecular complexity index is 710. The van der Waals surface area contributed by atoms with Crippen molar-refractivity contribution in [3.05, 3.63) is 42.0 Å². The maximum atomic E-state index is 12.1. The molecular formula is C17H20N2O3. The number of primary amides is 1. The summed E-state index contributed by atoms with van der Waals surface area (Å²) in [5.74, 6) is -0.784. The van der Waals surface area contributed by atoms with Crippen LogP contribution in [0.15, 0.2) is 36.4 Å². The molecule has 1 atom stereocenters. The Morgan fingerprint density at radius 1 is 1.14 bits per heavy atom. The highest BCUT2D eigenvalue weighted by molar-refractivity contribution is 6.09. The van der Waals surface area contributed by atoms with Crippen molar-refractivity contribution in [2.24, 2.45) is 17.4 Å². The highest BCUT2D eigenvalue weighted by atomic mass is 16.5. The van der Waals surface area contributed by atoms with E-state index in [1.54, 1.807) is 24.3 Å². The fourth-order valence-corrected chi connectivity index (χ4v) is 2.38. The van der Waals surface area contributed by atoms with Gasteiger partial charge in [-0.15, -0.1) is 0 Å². The van der Waals surface area contributed by atoms with Crippen molar-refractivity contribution >= 4 is 22.6 Å². The van der Waals surface area contributed by atoms with Crippen LogP contribution in [0.4, 0.5) is 0 Å². The summed E-state index contributed by atoms with van der Waals surface area (Å²) in [4.78, 5) is 23.8. The lowest BCUT2D eigenvalue weighted by molar-refractivity contribution is -0.136. The van der Waals surface area contributed by atoms with E-state index in [0.717, 1.165) is 5.39 Å². The maximum absolute atomic E-state index is 12.1. The first-order chi connectivity index (χ1) is 10.4. The average molecular weight is 300 g/mol. The SMILES string of the molecule is CC(C)CC(N)C(=O)Oc1ccc2ccccc2c1C(N)=O. The van der Waals surface area contributed by atoms with E-state index in [0.29, 0.717) is 11.8 Å². The Morgan fingerprint density at radius 2 is 1.82 bits per heavy atom. The van der Waals surface area contributed by atoms with Crippen molar-refractivity contribution in [2.75, 3.05) is 0 Å². The minimum Gasteiger partial charge on any atom is -0.425 e. The lowest BCUT2D eigenvalue weighted by atomic mass is 10.0. The summed E-state index contributed by atoms with van der Waals surface area (Å²) in [6.07, 6.45) is 0.512. The van der Waals surface area contributed by atoms with Crippen molar-refractivity contribution in [1.82, 2.24) is 0 Å². The predicted octanol–water partition coefficient (Wildman–Crippen LogP) is 2.22. The lowest BCUT2D eigenvalue weighted by Crippen LogP contribution is -2.35. The fraction of sp³-hybridized carbons (Fsp3) is 0.294. The van der Waals surface area contributed by atoms with Gasteiger partial charge in [-0.25, -0.2) is 4.79 Å². The molecule has 4 N–H and O–H groups in total. The number of amides is 1. The molecule has 0 aliphatic rings. The molecule has 0 radical (unpaired) electrons. The van der Waals surface area contributed by atoms with Crippen molar-refractivity contribution in [1.29, 1.82) is 0 Å². The van der Waals surface area contributed by atoms with Gasteiger partial charge in [0.2, 0.25) is 0 Å². The van der Waals surface area contributed by atoms with Crippen LogP contribution in [0.3, 0.4) is 0 Å². The average Bonchev–Trinajstić information content (AvgIpc) is 2.45. The summed E-state index contributed by atoms with van der Waals surface area (Å²) >= 11 is 0. The minimum absolute atomic E-state index is 0.149. The van der Waals surface area contributed by atoms with Gasteiger partial charge >= 0.3 is 5.97 Å². The normalized spacial score (nSPS) is 12.4. The third kappa shape index (κ3) is 3.43. The molecule has 0 saturated heterocycles. The molecule has 0 fully saturated rings. The Labute approximate surface area is 129 Å². The second-order valence-electron chi connectivity index (χ2n) is 5.68. The fourth-order valence-electron chi connectivity index (χ4n) is 2.38. The van der Waals surface area contributed by atoms with Crippen LogP contribution in [0.5, 0.6) is 5.75 Å². The number of hydrogen-bond donors (Lipinski definition) is 2. The molecule has 0 saturated carbocycles. The molecule has 5 heteroatoms. The molecule has 1 amide bonds. The molecule has 22 heavy (non-hydrogen) atoms. The smallest absolute Gasteiger partial charge is 0.328 e. The predicted molar refractivity (Wildman–Crippen MR) is 85.5 cm³/mol. The molecule has 2 aromatic rings. The molecule has 0 heterocycles. The maximum Gasteiger partial charge on any atom is 0.328 e. The van der Waals surface area contributed by atoms with Crippen molar-refractivity contribution in [2.45, 2.75) is 26.3 Å². The van der Waals surface area contributed by atoms with Gasteiger partial charge in [-0.2, -0.15) is 0 Å². The largest absolute Gasteiger partial charge is 0.425 e. The van der Waals surface area contributed by atoms with E-state index in [-0.39, 0.29) is 17.2 Å². The van der Waals surface area contributed by atoms with Crippen LogP contribution in [0.25, 0.3) is 10.8 Å². The quantitative estimate of drug-likeness (QED) is 0.653. The van der Waals surface area contributed by atoms with Crippen LogP contribution < -0.4 is 16.2 Å². The zero-order valence-corrected chi connectivity index (χ0v) is 12.7. The molecular weight excluding hydrogens is 280 g/mol. The molecule has 0 aliphatic carbocycles. The number of carbonyl (C=O) groups excluding carboxylic acids is 2. The molecule has 0 spiro atoms. The van der Waals surface area contributed by atoms with Gasteiger partial charge in [0.15, 0.2) is 0 Å². The van der Waals surface area contributed by atoms with Crippen LogP contribution in [0.1, 0.15) is 30.6 Å². The van der Waals surface area contributed by atoms with E-state index in [4.69, 9.17) is 16.2 Å². The summed E-state index contributed by atoms with van der Waals surface area (Å²) in [7, 11) is 0. The van der Waals surface area contributed by atoms with Gasteiger partial charge in [0.05, 0.1) is 5.56 Å². The minimum atomic E-state index is -0.729. The summed E-state index contributed by atoms with van der Waals surface area (Å²) < 4.78 is 5.31. The van der Waals surface area contributed by atoms with E-state index >= 15 is 0 Å². The van der Waals surface area contributed by atoms with E-state index in [9.17, 15) is 9.59 Å². The van der Waals surface area contributed by atoms with Crippen LogP contribution >= 0.6 is 0 Å². The van der Waals surface area contributed by atoms with Gasteiger partial charge in [-0.05, 0) is 29.2 Å². The van der Waals surface area contributed by atoms with Crippen molar-refractivity contribution < 1.29 is 14.3 Å². The first kappa shape index (κ1) is 16.0. The zero-order chi connectivity index (χ0) is 16.3. The first-order valence-corrected chi connectivity index (χ1v) is 7.19. The summed E-state index contributed by atoms with van der Waals surface area (Å²) in [5.41, 5.74) is 11.5. The van der Waals surface area contributed by atoms with Gasteiger partial charge < -0.3 is 16.2 Å². The molecule has 116 valence electrons. The van der Waals surface area contributed by atoms with Gasteiger partial charge in [-0.1, -0.05) is 44.2 Å². The Hall–Kier alpha value is -2.40. The third-order valence-corrected chi connectivity index (χ3v) is 3.38. The van der Waals surface area contributed by atoms with Crippen LogP contribution in [-0.2, 0) is 4.79 Å². The second-order valence-corrected chi connectivity index (χ2v) is 5.68. The number of fused-ring (bicyclic) bond motifs is 1. The second kappa shape index (κ2) is 6.58. The van der Waals surface area contributed by atoms with Gasteiger partial charge in [0, 0.05) is 0 Å².